The number of halogens is 1. The first-order valence-electron chi connectivity index (χ1n) is 6.02. The largest absolute Gasteiger partial charge is 0.490 e. The molecular formula is C13H18ClNO2. The summed E-state index contributed by atoms with van der Waals surface area (Å²) in [5.41, 5.74) is 6.63. The lowest BCUT2D eigenvalue weighted by Gasteiger charge is -2.18. The lowest BCUT2D eigenvalue weighted by Crippen LogP contribution is -2.07. The smallest absolute Gasteiger partial charge is 0.166 e. The number of rotatable bonds is 3. The van der Waals surface area contributed by atoms with Crippen molar-refractivity contribution in [3.05, 3.63) is 22.7 Å². The molecule has 1 unspecified atom stereocenters. The molecule has 1 aliphatic rings. The summed E-state index contributed by atoms with van der Waals surface area (Å²) in [6.45, 7) is 4.12. The van der Waals surface area contributed by atoms with E-state index in [0.717, 1.165) is 34.9 Å². The minimum absolute atomic E-state index is 0.282. The normalized spacial score (nSPS) is 16.4. The fourth-order valence-electron chi connectivity index (χ4n) is 2.09. The fourth-order valence-corrected chi connectivity index (χ4v) is 2.42. The van der Waals surface area contributed by atoms with E-state index in [4.69, 9.17) is 26.8 Å². The Balaban J connectivity index is 2.41. The highest BCUT2D eigenvalue weighted by atomic mass is 35.5. The van der Waals surface area contributed by atoms with E-state index in [1.54, 1.807) is 0 Å². The molecule has 0 radical (unpaired) electrons. The quantitative estimate of drug-likeness (QED) is 0.903. The third-order valence-electron chi connectivity index (χ3n) is 2.99. The molecule has 0 aliphatic carbocycles. The maximum absolute atomic E-state index is 6.27. The number of ether oxygens (including phenoxy) is 2. The van der Waals surface area contributed by atoms with E-state index in [1.807, 2.05) is 12.1 Å². The molecule has 2 rings (SSSR count). The van der Waals surface area contributed by atoms with E-state index in [-0.39, 0.29) is 5.92 Å². The Morgan fingerprint density at radius 1 is 1.35 bits per heavy atom. The number of hydrogen-bond donors (Lipinski definition) is 1. The lowest BCUT2D eigenvalue weighted by atomic mass is 9.96. The number of benzene rings is 1. The summed E-state index contributed by atoms with van der Waals surface area (Å²) in [7, 11) is 0. The first-order chi connectivity index (χ1) is 8.24. The van der Waals surface area contributed by atoms with Crippen LogP contribution in [-0.2, 0) is 0 Å². The van der Waals surface area contributed by atoms with Crippen molar-refractivity contribution in [1.82, 2.24) is 0 Å². The van der Waals surface area contributed by atoms with E-state index in [9.17, 15) is 0 Å². The van der Waals surface area contributed by atoms with Crippen LogP contribution in [0.1, 0.15) is 31.2 Å². The predicted octanol–water partition coefficient (Wildman–Crippen LogP) is 2.95. The Labute approximate surface area is 107 Å². The summed E-state index contributed by atoms with van der Waals surface area (Å²) in [6.07, 6.45) is 1.79. The van der Waals surface area contributed by atoms with Gasteiger partial charge < -0.3 is 15.2 Å². The Bertz CT molecular complexity index is 395. The van der Waals surface area contributed by atoms with Gasteiger partial charge in [0.15, 0.2) is 11.5 Å². The summed E-state index contributed by atoms with van der Waals surface area (Å²) >= 11 is 6.27. The molecule has 4 heteroatoms. The van der Waals surface area contributed by atoms with Gasteiger partial charge in [-0.15, -0.1) is 0 Å². The SMILES string of the molecule is CC(CCN)c1c(Cl)ccc2c1OCCCO2. The maximum atomic E-state index is 6.27. The average Bonchev–Trinajstić information content (AvgIpc) is 2.54. The van der Waals surface area contributed by atoms with Gasteiger partial charge in [0.1, 0.15) is 0 Å². The van der Waals surface area contributed by atoms with Gasteiger partial charge in [0.05, 0.1) is 13.2 Å². The van der Waals surface area contributed by atoms with Crippen LogP contribution >= 0.6 is 11.6 Å². The van der Waals surface area contributed by atoms with Crippen molar-refractivity contribution in [2.24, 2.45) is 5.73 Å². The van der Waals surface area contributed by atoms with Gasteiger partial charge in [-0.05, 0) is 31.0 Å². The molecular weight excluding hydrogens is 238 g/mol. The number of hydrogen-bond acceptors (Lipinski definition) is 3. The molecule has 2 N–H and O–H groups in total. The minimum Gasteiger partial charge on any atom is -0.490 e. The molecule has 3 nitrogen and oxygen atoms in total. The predicted molar refractivity (Wildman–Crippen MR) is 69.1 cm³/mol. The molecule has 0 saturated carbocycles. The standard InChI is InChI=1S/C13H18ClNO2/c1-9(5-6-15)12-10(14)3-4-11-13(12)17-8-2-7-16-11/h3-4,9H,2,5-8,15H2,1H3. The van der Waals surface area contributed by atoms with Crippen LogP contribution in [0.25, 0.3) is 0 Å². The second kappa shape index (κ2) is 5.61. The molecule has 0 bridgehead atoms. The molecule has 0 saturated heterocycles. The maximum Gasteiger partial charge on any atom is 0.166 e. The Morgan fingerprint density at radius 2 is 2.12 bits per heavy atom. The van der Waals surface area contributed by atoms with Crippen LogP contribution in [-0.4, -0.2) is 19.8 Å². The van der Waals surface area contributed by atoms with Gasteiger partial charge >= 0.3 is 0 Å². The van der Waals surface area contributed by atoms with Crippen LogP contribution in [0.15, 0.2) is 12.1 Å². The van der Waals surface area contributed by atoms with Crippen molar-refractivity contribution in [1.29, 1.82) is 0 Å². The van der Waals surface area contributed by atoms with Gasteiger partial charge in [-0.25, -0.2) is 0 Å². The summed E-state index contributed by atoms with van der Waals surface area (Å²) in [6, 6.07) is 3.75. The van der Waals surface area contributed by atoms with Crippen molar-refractivity contribution in [3.8, 4) is 11.5 Å². The topological polar surface area (TPSA) is 44.5 Å². The van der Waals surface area contributed by atoms with Crippen LogP contribution in [0.5, 0.6) is 11.5 Å². The van der Waals surface area contributed by atoms with Gasteiger partial charge in [0.2, 0.25) is 0 Å². The van der Waals surface area contributed by atoms with E-state index >= 15 is 0 Å². The van der Waals surface area contributed by atoms with Crippen molar-refractivity contribution in [2.75, 3.05) is 19.8 Å². The molecule has 0 spiro atoms. The zero-order chi connectivity index (χ0) is 12.3. The summed E-state index contributed by atoms with van der Waals surface area (Å²) in [4.78, 5) is 0. The zero-order valence-electron chi connectivity index (χ0n) is 10.0. The summed E-state index contributed by atoms with van der Waals surface area (Å²) in [5.74, 6) is 1.88. The molecule has 1 aromatic rings. The second-order valence-electron chi connectivity index (χ2n) is 4.32. The second-order valence-corrected chi connectivity index (χ2v) is 4.72. The molecule has 1 aromatic carbocycles. The van der Waals surface area contributed by atoms with E-state index in [1.165, 1.54) is 0 Å². The third kappa shape index (κ3) is 2.67. The van der Waals surface area contributed by atoms with Crippen molar-refractivity contribution in [2.45, 2.75) is 25.7 Å². The molecule has 17 heavy (non-hydrogen) atoms. The molecule has 0 amide bonds. The molecule has 0 aromatic heterocycles. The van der Waals surface area contributed by atoms with Crippen molar-refractivity contribution >= 4 is 11.6 Å². The van der Waals surface area contributed by atoms with E-state index in [2.05, 4.69) is 6.92 Å². The monoisotopic (exact) mass is 255 g/mol. The minimum atomic E-state index is 0.282. The highest BCUT2D eigenvalue weighted by molar-refractivity contribution is 6.31. The Hall–Kier alpha value is -0.930. The molecule has 1 aliphatic heterocycles. The first-order valence-corrected chi connectivity index (χ1v) is 6.40. The molecule has 1 atom stereocenters. The van der Waals surface area contributed by atoms with Crippen LogP contribution in [0.2, 0.25) is 5.02 Å². The van der Waals surface area contributed by atoms with Crippen LogP contribution in [0.4, 0.5) is 0 Å². The van der Waals surface area contributed by atoms with Crippen molar-refractivity contribution in [3.63, 3.8) is 0 Å². The summed E-state index contributed by atoms with van der Waals surface area (Å²) in [5, 5.41) is 0.732. The highest BCUT2D eigenvalue weighted by Gasteiger charge is 2.21. The van der Waals surface area contributed by atoms with Gasteiger partial charge in [-0.3, -0.25) is 0 Å². The van der Waals surface area contributed by atoms with E-state index in [0.29, 0.717) is 19.8 Å². The molecule has 94 valence electrons. The average molecular weight is 256 g/mol. The van der Waals surface area contributed by atoms with Crippen LogP contribution < -0.4 is 15.2 Å². The van der Waals surface area contributed by atoms with E-state index < -0.39 is 0 Å². The van der Waals surface area contributed by atoms with Crippen molar-refractivity contribution < 1.29 is 9.47 Å². The van der Waals surface area contributed by atoms with Gasteiger partial charge in [-0.1, -0.05) is 18.5 Å². The van der Waals surface area contributed by atoms with Gasteiger partial charge in [0, 0.05) is 17.0 Å². The highest BCUT2D eigenvalue weighted by Crippen LogP contribution is 2.42. The number of nitrogens with two attached hydrogens (primary N) is 1. The lowest BCUT2D eigenvalue weighted by molar-refractivity contribution is 0.295. The van der Waals surface area contributed by atoms with Gasteiger partial charge in [-0.2, -0.15) is 0 Å². The Morgan fingerprint density at radius 3 is 2.88 bits per heavy atom. The molecule has 1 heterocycles. The van der Waals surface area contributed by atoms with Crippen LogP contribution in [0, 0.1) is 0 Å². The summed E-state index contributed by atoms with van der Waals surface area (Å²) < 4.78 is 11.4. The van der Waals surface area contributed by atoms with Crippen LogP contribution in [0.3, 0.4) is 0 Å². The fraction of sp³-hybridized carbons (Fsp3) is 0.538. The Kier molecular flexibility index (Phi) is 4.13. The third-order valence-corrected chi connectivity index (χ3v) is 3.32. The molecule has 0 fully saturated rings. The number of fused-ring (bicyclic) bond motifs is 1. The first kappa shape index (κ1) is 12.5. The van der Waals surface area contributed by atoms with Gasteiger partial charge in [0.25, 0.3) is 0 Å². The zero-order valence-corrected chi connectivity index (χ0v) is 10.8.